The number of hydrogen-bond acceptors (Lipinski definition) is 4. The highest BCUT2D eigenvalue weighted by Gasteiger charge is 2.57. The molecule has 0 unspecified atom stereocenters. The van der Waals surface area contributed by atoms with Crippen LogP contribution in [0.1, 0.15) is 46.5 Å². The van der Waals surface area contributed by atoms with Gasteiger partial charge >= 0.3 is 0 Å². The molecule has 110 valence electrons. The molecule has 2 aliphatic carbocycles. The first-order valence-electron chi connectivity index (χ1n) is 7.15. The SMILES string of the molecule is C=C1[C@@H]2[C@H](O)[C@](O)(C(C)C)CC[C@@]2(C)CC[C@H]1OO. The van der Waals surface area contributed by atoms with E-state index in [4.69, 9.17) is 5.26 Å². The molecule has 0 aromatic carbocycles. The monoisotopic (exact) mass is 270 g/mol. The van der Waals surface area contributed by atoms with Gasteiger partial charge in [0.1, 0.15) is 6.10 Å². The first-order valence-corrected chi connectivity index (χ1v) is 7.15. The molecule has 0 saturated heterocycles. The second-order valence-corrected chi connectivity index (χ2v) is 6.93. The van der Waals surface area contributed by atoms with Gasteiger partial charge < -0.3 is 10.2 Å². The number of rotatable bonds is 2. The van der Waals surface area contributed by atoms with Gasteiger partial charge in [-0.15, -0.1) is 0 Å². The Balaban J connectivity index is 2.34. The van der Waals surface area contributed by atoms with E-state index in [1.54, 1.807) is 0 Å². The lowest BCUT2D eigenvalue weighted by Crippen LogP contribution is -2.61. The van der Waals surface area contributed by atoms with Crippen LogP contribution in [0.15, 0.2) is 12.2 Å². The van der Waals surface area contributed by atoms with E-state index in [0.29, 0.717) is 12.0 Å². The van der Waals surface area contributed by atoms with Crippen molar-refractivity contribution in [2.45, 2.75) is 64.3 Å². The maximum absolute atomic E-state index is 10.8. The molecule has 4 heteroatoms. The topological polar surface area (TPSA) is 69.9 Å². The molecule has 4 nitrogen and oxygen atoms in total. The third-order valence-electron chi connectivity index (χ3n) is 5.59. The van der Waals surface area contributed by atoms with E-state index in [1.807, 2.05) is 13.8 Å². The van der Waals surface area contributed by atoms with E-state index in [1.165, 1.54) is 0 Å². The zero-order chi connectivity index (χ0) is 14.4. The average molecular weight is 270 g/mol. The summed E-state index contributed by atoms with van der Waals surface area (Å²) >= 11 is 0. The van der Waals surface area contributed by atoms with Crippen LogP contribution in [0.25, 0.3) is 0 Å². The Morgan fingerprint density at radius 2 is 1.95 bits per heavy atom. The van der Waals surface area contributed by atoms with Crippen LogP contribution in [0.2, 0.25) is 0 Å². The lowest BCUT2D eigenvalue weighted by Gasteiger charge is -2.56. The van der Waals surface area contributed by atoms with Gasteiger partial charge in [0, 0.05) is 5.92 Å². The van der Waals surface area contributed by atoms with Crippen LogP contribution >= 0.6 is 0 Å². The first-order chi connectivity index (χ1) is 8.76. The van der Waals surface area contributed by atoms with E-state index in [2.05, 4.69) is 18.4 Å². The van der Waals surface area contributed by atoms with Crippen molar-refractivity contribution in [1.82, 2.24) is 0 Å². The number of aliphatic hydroxyl groups excluding tert-OH is 1. The summed E-state index contributed by atoms with van der Waals surface area (Å²) in [6.45, 7) is 10.0. The minimum absolute atomic E-state index is 0.0183. The molecule has 3 N–H and O–H groups in total. The Bertz CT molecular complexity index is 367. The molecule has 2 saturated carbocycles. The highest BCUT2D eigenvalue weighted by atomic mass is 17.1. The maximum atomic E-state index is 10.8. The van der Waals surface area contributed by atoms with Crippen LogP contribution in [0.3, 0.4) is 0 Å². The first kappa shape index (κ1) is 15.0. The van der Waals surface area contributed by atoms with Crippen molar-refractivity contribution in [3.8, 4) is 0 Å². The van der Waals surface area contributed by atoms with Gasteiger partial charge in [-0.1, -0.05) is 27.4 Å². The van der Waals surface area contributed by atoms with Crippen molar-refractivity contribution in [3.63, 3.8) is 0 Å². The van der Waals surface area contributed by atoms with Gasteiger partial charge in [0.25, 0.3) is 0 Å². The molecule has 0 aromatic rings. The van der Waals surface area contributed by atoms with Crippen LogP contribution in [-0.2, 0) is 4.89 Å². The summed E-state index contributed by atoms with van der Waals surface area (Å²) in [4.78, 5) is 4.48. The standard InChI is InChI=1S/C15H26O4/c1-9(2)15(17)8-7-14(4)6-5-11(19-18)10(3)12(14)13(15)16/h9,11-13,16-18H,3,5-8H2,1-2,4H3/t11-,12-,13+,14-,15-/m1/s1. The largest absolute Gasteiger partial charge is 0.389 e. The van der Waals surface area contributed by atoms with Gasteiger partial charge in [0.05, 0.1) is 11.7 Å². The van der Waals surface area contributed by atoms with Crippen molar-refractivity contribution in [2.75, 3.05) is 0 Å². The molecule has 5 atom stereocenters. The molecular formula is C15H26O4. The van der Waals surface area contributed by atoms with Crippen molar-refractivity contribution in [2.24, 2.45) is 17.3 Å². The second-order valence-electron chi connectivity index (χ2n) is 6.93. The molecule has 0 amide bonds. The summed E-state index contributed by atoms with van der Waals surface area (Å²) in [5.41, 5.74) is -0.431. The van der Waals surface area contributed by atoms with E-state index in [0.717, 1.165) is 19.3 Å². The van der Waals surface area contributed by atoms with E-state index >= 15 is 0 Å². The van der Waals surface area contributed by atoms with Crippen molar-refractivity contribution in [1.29, 1.82) is 0 Å². The lowest BCUT2D eigenvalue weighted by molar-refractivity contribution is -0.283. The summed E-state index contributed by atoms with van der Waals surface area (Å²) in [6, 6.07) is 0. The van der Waals surface area contributed by atoms with Crippen molar-refractivity contribution in [3.05, 3.63) is 12.2 Å². The van der Waals surface area contributed by atoms with E-state index in [9.17, 15) is 10.2 Å². The van der Waals surface area contributed by atoms with Crippen LogP contribution in [0.4, 0.5) is 0 Å². The van der Waals surface area contributed by atoms with Gasteiger partial charge in [0.2, 0.25) is 0 Å². The summed E-state index contributed by atoms with van der Waals surface area (Å²) in [7, 11) is 0. The zero-order valence-corrected chi connectivity index (χ0v) is 12.1. The van der Waals surface area contributed by atoms with Crippen LogP contribution in [0.5, 0.6) is 0 Å². The van der Waals surface area contributed by atoms with Crippen LogP contribution in [-0.4, -0.2) is 33.3 Å². The van der Waals surface area contributed by atoms with Crippen molar-refractivity contribution < 1.29 is 20.4 Å². The van der Waals surface area contributed by atoms with E-state index in [-0.39, 0.29) is 17.3 Å². The summed E-state index contributed by atoms with van der Waals surface area (Å²) in [5.74, 6) is -0.241. The average Bonchev–Trinajstić information content (AvgIpc) is 2.34. The minimum atomic E-state index is -1.08. The number of aliphatic hydroxyl groups is 2. The van der Waals surface area contributed by atoms with Gasteiger partial charge in [-0.25, -0.2) is 4.89 Å². The van der Waals surface area contributed by atoms with Crippen molar-refractivity contribution >= 4 is 0 Å². The molecule has 0 radical (unpaired) electrons. The molecule has 2 aliphatic rings. The van der Waals surface area contributed by atoms with Gasteiger partial charge in [0.15, 0.2) is 0 Å². The van der Waals surface area contributed by atoms with E-state index < -0.39 is 17.8 Å². The number of hydrogen-bond donors (Lipinski definition) is 3. The third-order valence-corrected chi connectivity index (χ3v) is 5.59. The maximum Gasteiger partial charge on any atom is 0.114 e. The summed E-state index contributed by atoms with van der Waals surface area (Å²) < 4.78 is 0. The van der Waals surface area contributed by atoms with Crippen LogP contribution in [0, 0.1) is 17.3 Å². The molecule has 2 fully saturated rings. The Morgan fingerprint density at radius 1 is 1.32 bits per heavy atom. The minimum Gasteiger partial charge on any atom is -0.389 e. The highest BCUT2D eigenvalue weighted by molar-refractivity contribution is 5.22. The Kier molecular flexibility index (Phi) is 3.82. The smallest absolute Gasteiger partial charge is 0.114 e. The highest BCUT2D eigenvalue weighted by Crippen LogP contribution is 2.56. The molecule has 0 aliphatic heterocycles. The summed E-state index contributed by atoms with van der Waals surface area (Å²) in [5, 5.41) is 30.4. The second kappa shape index (κ2) is 4.85. The molecule has 19 heavy (non-hydrogen) atoms. The van der Waals surface area contributed by atoms with Gasteiger partial charge in [-0.05, 0) is 42.6 Å². The Labute approximate surface area is 115 Å². The molecular weight excluding hydrogens is 244 g/mol. The molecule has 0 heterocycles. The molecule has 0 aromatic heterocycles. The fraction of sp³-hybridized carbons (Fsp3) is 0.867. The normalized spacial score (nSPS) is 47.3. The van der Waals surface area contributed by atoms with Crippen LogP contribution < -0.4 is 0 Å². The summed E-state index contributed by atoms with van der Waals surface area (Å²) in [6.07, 6.45) is 1.78. The van der Waals surface area contributed by atoms with Gasteiger partial charge in [-0.3, -0.25) is 5.26 Å². The Hall–Kier alpha value is -0.420. The number of fused-ring (bicyclic) bond motifs is 1. The fourth-order valence-corrected chi connectivity index (χ4v) is 3.99. The quantitative estimate of drug-likeness (QED) is 0.409. The lowest BCUT2D eigenvalue weighted by atomic mass is 9.52. The molecule has 0 spiro atoms. The fourth-order valence-electron chi connectivity index (χ4n) is 3.99. The third kappa shape index (κ3) is 2.15. The molecule has 2 rings (SSSR count). The van der Waals surface area contributed by atoms with Gasteiger partial charge in [-0.2, -0.15) is 0 Å². The predicted molar refractivity (Wildman–Crippen MR) is 72.5 cm³/mol. The molecule has 0 bridgehead atoms. The Morgan fingerprint density at radius 3 is 2.47 bits per heavy atom. The predicted octanol–water partition coefficient (Wildman–Crippen LogP) is 2.36. The zero-order valence-electron chi connectivity index (χ0n) is 12.1.